The normalized spacial score (nSPS) is 20.2. The molecule has 0 aliphatic carbocycles. The van der Waals surface area contributed by atoms with Crippen LogP contribution in [0.4, 0.5) is 13.2 Å². The molecule has 98 valence electrons. The number of nitrogens with zero attached hydrogens (tertiary/aromatic N) is 1. The molecule has 0 spiro atoms. The molecule has 1 saturated heterocycles. The fraction of sp³-hybridized carbons (Fsp3) is 0.417. The second kappa shape index (κ2) is 4.61. The Morgan fingerprint density at radius 2 is 1.89 bits per heavy atom. The van der Waals surface area contributed by atoms with Crippen LogP contribution in [-0.4, -0.2) is 23.5 Å². The van der Waals surface area contributed by atoms with E-state index >= 15 is 0 Å². The van der Waals surface area contributed by atoms with Crippen LogP contribution >= 0.6 is 0 Å². The molecule has 1 aromatic rings. The van der Waals surface area contributed by atoms with Crippen molar-refractivity contribution >= 4 is 5.91 Å². The van der Waals surface area contributed by atoms with E-state index in [-0.39, 0.29) is 17.6 Å². The van der Waals surface area contributed by atoms with Crippen LogP contribution in [0.15, 0.2) is 24.3 Å². The van der Waals surface area contributed by atoms with E-state index in [4.69, 9.17) is 5.73 Å². The van der Waals surface area contributed by atoms with Gasteiger partial charge in [-0.05, 0) is 37.1 Å². The Kier molecular flexibility index (Phi) is 3.30. The van der Waals surface area contributed by atoms with E-state index in [2.05, 4.69) is 0 Å². The number of alkyl halides is 3. The lowest BCUT2D eigenvalue weighted by Gasteiger charge is -2.21. The molecule has 2 rings (SSSR count). The predicted octanol–water partition coefficient (Wildman–Crippen LogP) is 2.23. The van der Waals surface area contributed by atoms with Crippen LogP contribution in [0, 0.1) is 0 Å². The second-order valence-electron chi connectivity index (χ2n) is 4.28. The standard InChI is InChI=1S/C12H13F3N2O/c13-12(14,15)9-5-3-8(4-6-9)11(18)17-7-1-2-10(17)16/h3-6,10H,1-2,7,16H2. The van der Waals surface area contributed by atoms with Gasteiger partial charge >= 0.3 is 6.18 Å². The largest absolute Gasteiger partial charge is 0.416 e. The lowest BCUT2D eigenvalue weighted by atomic mass is 10.1. The predicted molar refractivity (Wildman–Crippen MR) is 59.7 cm³/mol. The first kappa shape index (κ1) is 12.9. The number of nitrogens with two attached hydrogens (primary N) is 1. The molecule has 1 aromatic carbocycles. The highest BCUT2D eigenvalue weighted by Crippen LogP contribution is 2.29. The van der Waals surface area contributed by atoms with Crippen molar-refractivity contribution in [2.75, 3.05) is 6.54 Å². The monoisotopic (exact) mass is 258 g/mol. The lowest BCUT2D eigenvalue weighted by molar-refractivity contribution is -0.137. The van der Waals surface area contributed by atoms with E-state index in [0.717, 1.165) is 25.0 Å². The number of likely N-dealkylation sites (tertiary alicyclic amines) is 1. The number of amides is 1. The smallest absolute Gasteiger partial charge is 0.323 e. The maximum absolute atomic E-state index is 12.4. The van der Waals surface area contributed by atoms with Gasteiger partial charge in [-0.2, -0.15) is 13.2 Å². The molecule has 1 aliphatic heterocycles. The summed E-state index contributed by atoms with van der Waals surface area (Å²) in [5.74, 6) is -0.311. The summed E-state index contributed by atoms with van der Waals surface area (Å²) in [5.41, 5.74) is 5.22. The van der Waals surface area contributed by atoms with Gasteiger partial charge in [-0.3, -0.25) is 4.79 Å². The summed E-state index contributed by atoms with van der Waals surface area (Å²) in [6.45, 7) is 0.557. The maximum atomic E-state index is 12.4. The average Bonchev–Trinajstić information content (AvgIpc) is 2.73. The van der Waals surface area contributed by atoms with Crippen LogP contribution in [0.25, 0.3) is 0 Å². The lowest BCUT2D eigenvalue weighted by Crippen LogP contribution is -2.40. The molecule has 0 saturated carbocycles. The molecule has 6 heteroatoms. The minimum Gasteiger partial charge on any atom is -0.323 e. The van der Waals surface area contributed by atoms with E-state index in [1.807, 2.05) is 0 Å². The molecule has 3 nitrogen and oxygen atoms in total. The van der Waals surface area contributed by atoms with Crippen LogP contribution in [0.2, 0.25) is 0 Å². The first-order valence-corrected chi connectivity index (χ1v) is 5.63. The highest BCUT2D eigenvalue weighted by molar-refractivity contribution is 5.94. The van der Waals surface area contributed by atoms with E-state index in [0.29, 0.717) is 6.54 Å². The summed E-state index contributed by atoms with van der Waals surface area (Å²) in [6.07, 6.45) is -3.16. The van der Waals surface area contributed by atoms with Gasteiger partial charge in [-0.25, -0.2) is 0 Å². The van der Waals surface area contributed by atoms with Crippen LogP contribution in [0.5, 0.6) is 0 Å². The Morgan fingerprint density at radius 3 is 2.33 bits per heavy atom. The number of carbonyl (C=O) groups is 1. The molecular formula is C12H13F3N2O. The van der Waals surface area contributed by atoms with Gasteiger partial charge in [0.1, 0.15) is 0 Å². The molecule has 1 aliphatic rings. The molecule has 1 fully saturated rings. The third kappa shape index (κ3) is 2.48. The zero-order valence-electron chi connectivity index (χ0n) is 9.57. The summed E-state index contributed by atoms with van der Waals surface area (Å²) in [4.78, 5) is 13.5. The number of hydrogen-bond acceptors (Lipinski definition) is 2. The summed E-state index contributed by atoms with van der Waals surface area (Å²) < 4.78 is 37.1. The molecule has 18 heavy (non-hydrogen) atoms. The first-order valence-electron chi connectivity index (χ1n) is 5.63. The van der Waals surface area contributed by atoms with Crippen molar-refractivity contribution in [1.82, 2.24) is 4.90 Å². The van der Waals surface area contributed by atoms with Gasteiger partial charge in [-0.15, -0.1) is 0 Å². The van der Waals surface area contributed by atoms with Gasteiger partial charge < -0.3 is 10.6 Å². The minimum absolute atomic E-state index is 0.236. The van der Waals surface area contributed by atoms with E-state index in [1.54, 1.807) is 0 Å². The van der Waals surface area contributed by atoms with Crippen molar-refractivity contribution < 1.29 is 18.0 Å². The molecular weight excluding hydrogens is 245 g/mol. The summed E-state index contributed by atoms with van der Waals surface area (Å²) in [5, 5.41) is 0. The van der Waals surface area contributed by atoms with Crippen molar-refractivity contribution in [2.24, 2.45) is 5.73 Å². The summed E-state index contributed by atoms with van der Waals surface area (Å²) in [6, 6.07) is 4.20. The Balaban J connectivity index is 2.17. The van der Waals surface area contributed by atoms with Crippen LogP contribution in [0.1, 0.15) is 28.8 Å². The van der Waals surface area contributed by atoms with Gasteiger partial charge in [0.15, 0.2) is 0 Å². The van der Waals surface area contributed by atoms with Gasteiger partial charge in [0, 0.05) is 12.1 Å². The van der Waals surface area contributed by atoms with Gasteiger partial charge in [0.25, 0.3) is 5.91 Å². The Hall–Kier alpha value is -1.56. The van der Waals surface area contributed by atoms with E-state index in [1.165, 1.54) is 17.0 Å². The van der Waals surface area contributed by atoms with Crippen molar-refractivity contribution in [2.45, 2.75) is 25.2 Å². The molecule has 0 radical (unpaired) electrons. The maximum Gasteiger partial charge on any atom is 0.416 e. The van der Waals surface area contributed by atoms with E-state index in [9.17, 15) is 18.0 Å². The molecule has 1 atom stereocenters. The molecule has 1 amide bonds. The van der Waals surface area contributed by atoms with Gasteiger partial charge in [0.05, 0.1) is 11.7 Å². The third-order valence-corrected chi connectivity index (χ3v) is 3.02. The summed E-state index contributed by atoms with van der Waals surface area (Å²) in [7, 11) is 0. The Morgan fingerprint density at radius 1 is 1.28 bits per heavy atom. The fourth-order valence-corrected chi connectivity index (χ4v) is 2.01. The van der Waals surface area contributed by atoms with Crippen molar-refractivity contribution in [3.63, 3.8) is 0 Å². The fourth-order valence-electron chi connectivity index (χ4n) is 2.01. The number of hydrogen-bond donors (Lipinski definition) is 1. The average molecular weight is 258 g/mol. The topological polar surface area (TPSA) is 46.3 Å². The second-order valence-corrected chi connectivity index (χ2v) is 4.28. The Labute approximate surface area is 102 Å². The molecule has 1 unspecified atom stereocenters. The summed E-state index contributed by atoms with van der Waals surface area (Å²) >= 11 is 0. The molecule has 2 N–H and O–H groups in total. The van der Waals surface area contributed by atoms with Crippen molar-refractivity contribution in [3.05, 3.63) is 35.4 Å². The molecule has 0 aromatic heterocycles. The van der Waals surface area contributed by atoms with Gasteiger partial charge in [-0.1, -0.05) is 0 Å². The number of halogens is 3. The van der Waals surface area contributed by atoms with Gasteiger partial charge in [0.2, 0.25) is 0 Å². The zero-order chi connectivity index (χ0) is 13.3. The highest BCUT2D eigenvalue weighted by atomic mass is 19.4. The van der Waals surface area contributed by atoms with Crippen LogP contribution in [0.3, 0.4) is 0 Å². The molecule has 1 heterocycles. The van der Waals surface area contributed by atoms with Crippen LogP contribution < -0.4 is 5.73 Å². The van der Waals surface area contributed by atoms with Crippen molar-refractivity contribution in [1.29, 1.82) is 0 Å². The minimum atomic E-state index is -4.38. The quantitative estimate of drug-likeness (QED) is 0.839. The first-order chi connectivity index (χ1) is 8.39. The number of benzene rings is 1. The zero-order valence-corrected chi connectivity index (χ0v) is 9.57. The third-order valence-electron chi connectivity index (χ3n) is 3.02. The van der Waals surface area contributed by atoms with Crippen molar-refractivity contribution in [3.8, 4) is 0 Å². The number of carbonyl (C=O) groups excluding carboxylic acids is 1. The highest BCUT2D eigenvalue weighted by Gasteiger charge is 2.31. The SMILES string of the molecule is NC1CCCN1C(=O)c1ccc(C(F)(F)F)cc1. The Bertz CT molecular complexity index is 442. The van der Waals surface area contributed by atoms with Crippen LogP contribution in [-0.2, 0) is 6.18 Å². The van der Waals surface area contributed by atoms with E-state index < -0.39 is 11.7 Å². The molecule has 0 bridgehead atoms. The number of rotatable bonds is 1.